The normalized spacial score (nSPS) is 10.4. The Hall–Kier alpha value is -3.41. The van der Waals surface area contributed by atoms with Crippen molar-refractivity contribution in [3.05, 3.63) is 83.9 Å². The average molecular weight is 392 g/mol. The number of anilines is 3. The number of rotatable bonds is 8. The fourth-order valence-corrected chi connectivity index (χ4v) is 3.04. The lowest BCUT2D eigenvalue weighted by atomic mass is 10.2. The first-order valence-electron chi connectivity index (χ1n) is 9.70. The summed E-state index contributed by atoms with van der Waals surface area (Å²) in [6, 6.07) is 17.7. The number of aromatic nitrogens is 1. The van der Waals surface area contributed by atoms with Crippen LogP contribution in [-0.2, 0) is 6.54 Å². The lowest BCUT2D eigenvalue weighted by Gasteiger charge is -2.21. The van der Waals surface area contributed by atoms with E-state index in [1.54, 1.807) is 36.5 Å². The molecule has 0 saturated carbocycles. The molecule has 1 aromatic heterocycles. The van der Waals surface area contributed by atoms with Gasteiger partial charge in [-0.15, -0.1) is 0 Å². The quantitative estimate of drug-likeness (QED) is 0.571. The minimum atomic E-state index is -0.296. The average Bonchev–Trinajstić information content (AvgIpc) is 2.75. The maximum Gasteiger partial charge on any atom is 0.274 e. The van der Waals surface area contributed by atoms with Crippen molar-refractivity contribution >= 4 is 23.0 Å². The summed E-state index contributed by atoms with van der Waals surface area (Å²) in [6.07, 6.45) is 1.56. The Labute approximate surface area is 170 Å². The summed E-state index contributed by atoms with van der Waals surface area (Å²) in [5.74, 6) is -0.560. The van der Waals surface area contributed by atoms with Crippen LogP contribution in [0.1, 0.15) is 29.9 Å². The van der Waals surface area contributed by atoms with Gasteiger partial charge < -0.3 is 15.5 Å². The standard InChI is InChI=1S/C23H25FN4O/c1-3-28(4-2)20-11-9-18(10-12-20)27-23(29)22-15-19(13-14-25-22)26-16-17-7-5-6-8-21(17)24/h5-15H,3-4,16H2,1-2H3,(H,25,26)(H,27,29). The molecule has 3 aromatic rings. The van der Waals surface area contributed by atoms with Crippen LogP contribution in [0.2, 0.25) is 0 Å². The van der Waals surface area contributed by atoms with Gasteiger partial charge in [-0.25, -0.2) is 4.39 Å². The largest absolute Gasteiger partial charge is 0.381 e. The van der Waals surface area contributed by atoms with E-state index in [-0.39, 0.29) is 17.4 Å². The van der Waals surface area contributed by atoms with Gasteiger partial charge in [-0.2, -0.15) is 0 Å². The monoisotopic (exact) mass is 392 g/mol. The van der Waals surface area contributed by atoms with Crippen molar-refractivity contribution in [1.82, 2.24) is 4.98 Å². The van der Waals surface area contributed by atoms with Crippen molar-refractivity contribution in [2.75, 3.05) is 28.6 Å². The van der Waals surface area contributed by atoms with Gasteiger partial charge in [0.2, 0.25) is 0 Å². The van der Waals surface area contributed by atoms with Gasteiger partial charge >= 0.3 is 0 Å². The Kier molecular flexibility index (Phi) is 6.79. The molecule has 0 radical (unpaired) electrons. The summed E-state index contributed by atoms with van der Waals surface area (Å²) in [7, 11) is 0. The van der Waals surface area contributed by atoms with Gasteiger partial charge in [-0.3, -0.25) is 9.78 Å². The van der Waals surface area contributed by atoms with Crippen molar-refractivity contribution in [2.24, 2.45) is 0 Å². The highest BCUT2D eigenvalue weighted by molar-refractivity contribution is 6.03. The van der Waals surface area contributed by atoms with E-state index in [9.17, 15) is 9.18 Å². The Morgan fingerprint density at radius 2 is 1.72 bits per heavy atom. The van der Waals surface area contributed by atoms with E-state index in [2.05, 4.69) is 34.4 Å². The lowest BCUT2D eigenvalue weighted by molar-refractivity contribution is 0.102. The molecule has 150 valence electrons. The third-order valence-electron chi connectivity index (χ3n) is 4.69. The SMILES string of the molecule is CCN(CC)c1ccc(NC(=O)c2cc(NCc3ccccc3F)ccn2)cc1. The highest BCUT2D eigenvalue weighted by Gasteiger charge is 2.10. The number of nitrogens with one attached hydrogen (secondary N) is 2. The Morgan fingerprint density at radius 3 is 2.41 bits per heavy atom. The van der Waals surface area contributed by atoms with Crippen LogP contribution < -0.4 is 15.5 Å². The second kappa shape index (κ2) is 9.68. The van der Waals surface area contributed by atoms with Gasteiger partial charge in [0, 0.05) is 48.5 Å². The molecule has 29 heavy (non-hydrogen) atoms. The zero-order chi connectivity index (χ0) is 20.6. The second-order valence-electron chi connectivity index (χ2n) is 6.55. The predicted molar refractivity (Wildman–Crippen MR) is 116 cm³/mol. The van der Waals surface area contributed by atoms with E-state index in [4.69, 9.17) is 0 Å². The molecule has 2 aromatic carbocycles. The summed E-state index contributed by atoms with van der Waals surface area (Å²) in [5, 5.41) is 5.99. The zero-order valence-electron chi connectivity index (χ0n) is 16.7. The number of amides is 1. The minimum absolute atomic E-state index is 0.264. The minimum Gasteiger partial charge on any atom is -0.381 e. The molecule has 6 heteroatoms. The highest BCUT2D eigenvalue weighted by atomic mass is 19.1. The van der Waals surface area contributed by atoms with E-state index in [1.165, 1.54) is 6.07 Å². The highest BCUT2D eigenvalue weighted by Crippen LogP contribution is 2.19. The third-order valence-corrected chi connectivity index (χ3v) is 4.69. The Balaban J connectivity index is 1.64. The Bertz CT molecular complexity index is 955. The first kappa shape index (κ1) is 20.3. The molecule has 0 aliphatic heterocycles. The van der Waals surface area contributed by atoms with Crippen LogP contribution in [-0.4, -0.2) is 24.0 Å². The van der Waals surface area contributed by atoms with Gasteiger partial charge in [-0.1, -0.05) is 18.2 Å². The van der Waals surface area contributed by atoms with E-state index < -0.39 is 0 Å². The summed E-state index contributed by atoms with van der Waals surface area (Å²) in [4.78, 5) is 18.9. The molecule has 0 aliphatic carbocycles. The molecule has 2 N–H and O–H groups in total. The van der Waals surface area contributed by atoms with E-state index in [1.807, 2.05) is 24.3 Å². The first-order chi connectivity index (χ1) is 14.1. The van der Waals surface area contributed by atoms with E-state index in [0.29, 0.717) is 23.5 Å². The molecule has 3 rings (SSSR count). The van der Waals surface area contributed by atoms with E-state index >= 15 is 0 Å². The van der Waals surface area contributed by atoms with Crippen LogP contribution in [0.5, 0.6) is 0 Å². The summed E-state index contributed by atoms with van der Waals surface area (Å²) >= 11 is 0. The van der Waals surface area contributed by atoms with Crippen LogP contribution in [0.3, 0.4) is 0 Å². The zero-order valence-corrected chi connectivity index (χ0v) is 16.7. The first-order valence-corrected chi connectivity index (χ1v) is 9.70. The molecule has 0 spiro atoms. The molecule has 0 saturated heterocycles. The topological polar surface area (TPSA) is 57.3 Å². The Morgan fingerprint density at radius 1 is 1.00 bits per heavy atom. The summed E-state index contributed by atoms with van der Waals surface area (Å²) in [5.41, 5.74) is 3.37. The second-order valence-corrected chi connectivity index (χ2v) is 6.55. The van der Waals surface area contributed by atoms with Gasteiger partial charge in [0.05, 0.1) is 0 Å². The van der Waals surface area contributed by atoms with Crippen molar-refractivity contribution in [1.29, 1.82) is 0 Å². The third kappa shape index (κ3) is 5.31. The number of halogens is 1. The number of benzene rings is 2. The molecular formula is C23H25FN4O. The fourth-order valence-electron chi connectivity index (χ4n) is 3.04. The van der Waals surface area contributed by atoms with Crippen LogP contribution in [0.4, 0.5) is 21.5 Å². The van der Waals surface area contributed by atoms with Gasteiger partial charge in [0.15, 0.2) is 0 Å². The summed E-state index contributed by atoms with van der Waals surface area (Å²) in [6.45, 7) is 6.40. The van der Waals surface area contributed by atoms with Crippen LogP contribution >= 0.6 is 0 Å². The molecule has 0 aliphatic rings. The van der Waals surface area contributed by atoms with Gasteiger partial charge in [-0.05, 0) is 56.3 Å². The summed E-state index contributed by atoms with van der Waals surface area (Å²) < 4.78 is 13.7. The van der Waals surface area contributed by atoms with Crippen molar-refractivity contribution in [3.8, 4) is 0 Å². The number of pyridine rings is 1. The maximum absolute atomic E-state index is 13.7. The molecule has 0 fully saturated rings. The number of hydrogen-bond donors (Lipinski definition) is 2. The number of carbonyl (C=O) groups excluding carboxylic acids is 1. The lowest BCUT2D eigenvalue weighted by Crippen LogP contribution is -2.21. The van der Waals surface area contributed by atoms with Crippen molar-refractivity contribution in [2.45, 2.75) is 20.4 Å². The predicted octanol–water partition coefficient (Wildman–Crippen LogP) is 4.93. The molecule has 0 unspecified atom stereocenters. The number of nitrogens with zero attached hydrogens (tertiary/aromatic N) is 2. The van der Waals surface area contributed by atoms with Crippen LogP contribution in [0, 0.1) is 5.82 Å². The number of carbonyl (C=O) groups is 1. The number of hydrogen-bond acceptors (Lipinski definition) is 4. The fraction of sp³-hybridized carbons (Fsp3) is 0.217. The maximum atomic E-state index is 13.7. The van der Waals surface area contributed by atoms with E-state index in [0.717, 1.165) is 18.8 Å². The van der Waals surface area contributed by atoms with Gasteiger partial charge in [0.25, 0.3) is 5.91 Å². The van der Waals surface area contributed by atoms with Crippen LogP contribution in [0.25, 0.3) is 0 Å². The van der Waals surface area contributed by atoms with Gasteiger partial charge in [0.1, 0.15) is 11.5 Å². The molecule has 0 atom stereocenters. The molecule has 1 amide bonds. The smallest absolute Gasteiger partial charge is 0.274 e. The molecular weight excluding hydrogens is 367 g/mol. The van der Waals surface area contributed by atoms with Crippen molar-refractivity contribution < 1.29 is 9.18 Å². The van der Waals surface area contributed by atoms with Crippen molar-refractivity contribution in [3.63, 3.8) is 0 Å². The molecule has 0 bridgehead atoms. The van der Waals surface area contributed by atoms with Crippen LogP contribution in [0.15, 0.2) is 66.9 Å². The molecule has 5 nitrogen and oxygen atoms in total. The molecule has 1 heterocycles.